The minimum atomic E-state index is -1.58. The highest BCUT2D eigenvalue weighted by atomic mass is 19.1. The molecule has 4 aliphatic rings. The van der Waals surface area contributed by atoms with E-state index in [4.69, 9.17) is 0 Å². The monoisotopic (exact) mass is 460 g/mol. The molecule has 8 atom stereocenters. The van der Waals surface area contributed by atoms with E-state index in [-0.39, 0.29) is 47.3 Å². The van der Waals surface area contributed by atoms with Gasteiger partial charge in [0.05, 0.1) is 6.10 Å². The van der Waals surface area contributed by atoms with Crippen LogP contribution in [-0.4, -0.2) is 45.2 Å². The molecule has 0 radical (unpaired) electrons. The summed E-state index contributed by atoms with van der Waals surface area (Å²) in [5.74, 6) is 0.201. The maximum Gasteiger partial charge on any atom is 0.190 e. The molecule has 4 fully saturated rings. The van der Waals surface area contributed by atoms with Gasteiger partial charge in [-0.3, -0.25) is 9.59 Å². The van der Waals surface area contributed by atoms with Crippen LogP contribution in [-0.2, 0) is 9.59 Å². The maximum atomic E-state index is 13.4. The predicted molar refractivity (Wildman–Crippen MR) is 122 cm³/mol. The summed E-state index contributed by atoms with van der Waals surface area (Å²) in [6.07, 6.45) is 5.47. The molecule has 0 bridgehead atoms. The number of hydrogen-bond donors (Lipinski definition) is 3. The molecule has 0 heterocycles. The Bertz CT molecular complexity index is 890. The first-order valence-corrected chi connectivity index (χ1v) is 12.3. The Morgan fingerprint density at radius 1 is 1.09 bits per heavy atom. The van der Waals surface area contributed by atoms with Gasteiger partial charge in [0, 0.05) is 17.8 Å². The van der Waals surface area contributed by atoms with Gasteiger partial charge in [-0.05, 0) is 80.2 Å². The summed E-state index contributed by atoms with van der Waals surface area (Å²) in [6.45, 7) is 3.46. The molecule has 0 unspecified atom stereocenters. The first-order valence-electron chi connectivity index (χ1n) is 12.3. The van der Waals surface area contributed by atoms with E-state index in [1.165, 1.54) is 12.1 Å². The fraction of sp³-hybridized carbons (Fsp3) is 0.704. The van der Waals surface area contributed by atoms with Crippen molar-refractivity contribution in [3.63, 3.8) is 0 Å². The number of fused-ring (bicyclic) bond motifs is 5. The van der Waals surface area contributed by atoms with Gasteiger partial charge < -0.3 is 15.3 Å². The minimum Gasteiger partial charge on any atom is -0.393 e. The average Bonchev–Trinajstić information content (AvgIpc) is 3.05. The van der Waals surface area contributed by atoms with Crippen LogP contribution < -0.4 is 0 Å². The molecule has 4 aliphatic carbocycles. The van der Waals surface area contributed by atoms with Crippen molar-refractivity contribution in [3.8, 4) is 0 Å². The molecule has 5 nitrogen and oxygen atoms in total. The Kier molecular flexibility index (Phi) is 6.58. The van der Waals surface area contributed by atoms with Crippen molar-refractivity contribution in [2.24, 2.45) is 34.5 Å². The van der Waals surface area contributed by atoms with Crippen molar-refractivity contribution in [2.75, 3.05) is 6.61 Å². The van der Waals surface area contributed by atoms with E-state index in [9.17, 15) is 29.3 Å². The van der Waals surface area contributed by atoms with Gasteiger partial charge in [0.25, 0.3) is 0 Å². The Morgan fingerprint density at radius 2 is 1.79 bits per heavy atom. The average molecular weight is 461 g/mol. The van der Waals surface area contributed by atoms with E-state index in [1.807, 2.05) is 6.92 Å². The van der Waals surface area contributed by atoms with E-state index in [1.54, 1.807) is 18.2 Å². The maximum absolute atomic E-state index is 13.4. The second-order valence-corrected chi connectivity index (χ2v) is 11.3. The van der Waals surface area contributed by atoms with Crippen LogP contribution in [0.15, 0.2) is 30.3 Å². The molecule has 0 aliphatic heterocycles. The molecule has 0 aromatic heterocycles. The SMILES string of the molecule is C[C@]12CC[C@@H](O)C[C@H]1CC[C@@H]1[C@@H]2C(=O)C[C@@]2(C)[C@H]1CC[C@]2(O)C(=O)CO.Fc1ccccc1. The zero-order chi connectivity index (χ0) is 24.0. The van der Waals surface area contributed by atoms with Crippen molar-refractivity contribution >= 4 is 11.6 Å². The van der Waals surface area contributed by atoms with Crippen LogP contribution >= 0.6 is 0 Å². The molecule has 3 N–H and O–H groups in total. The lowest BCUT2D eigenvalue weighted by atomic mass is 9.44. The topological polar surface area (TPSA) is 94.8 Å². The van der Waals surface area contributed by atoms with Crippen molar-refractivity contribution in [1.82, 2.24) is 0 Å². The molecule has 182 valence electrons. The first-order chi connectivity index (χ1) is 15.6. The highest BCUT2D eigenvalue weighted by Crippen LogP contribution is 2.67. The van der Waals surface area contributed by atoms with Gasteiger partial charge in [0.2, 0.25) is 0 Å². The summed E-state index contributed by atoms with van der Waals surface area (Å²) in [5, 5.41) is 30.6. The van der Waals surface area contributed by atoms with Crippen molar-refractivity contribution in [1.29, 1.82) is 0 Å². The van der Waals surface area contributed by atoms with Gasteiger partial charge in [-0.25, -0.2) is 4.39 Å². The van der Waals surface area contributed by atoms with Gasteiger partial charge in [0.15, 0.2) is 5.78 Å². The summed E-state index contributed by atoms with van der Waals surface area (Å²) in [4.78, 5) is 25.7. The van der Waals surface area contributed by atoms with Gasteiger partial charge in [-0.1, -0.05) is 32.0 Å². The molecule has 0 amide bonds. The number of rotatable bonds is 2. The first kappa shape index (κ1) is 24.5. The lowest BCUT2D eigenvalue weighted by Gasteiger charge is -2.60. The largest absolute Gasteiger partial charge is 0.393 e. The third-order valence-electron chi connectivity index (χ3n) is 9.82. The zero-order valence-electron chi connectivity index (χ0n) is 19.7. The second-order valence-electron chi connectivity index (χ2n) is 11.3. The van der Waals surface area contributed by atoms with Crippen LogP contribution in [0.25, 0.3) is 0 Å². The quantitative estimate of drug-likeness (QED) is 0.626. The van der Waals surface area contributed by atoms with Crippen molar-refractivity contribution in [2.45, 2.75) is 76.9 Å². The van der Waals surface area contributed by atoms with Crippen molar-refractivity contribution in [3.05, 3.63) is 36.1 Å². The number of benzene rings is 1. The number of halogens is 1. The summed E-state index contributed by atoms with van der Waals surface area (Å²) < 4.78 is 11.9. The standard InChI is InChI=1S/C21H32O5.C6H5F/c1-19-7-5-13(23)9-12(19)3-4-14-15-6-8-21(26,17(25)11-22)20(15,2)10-16(24)18(14)19;7-6-4-2-1-3-5-6/h12-15,18,22-23,26H,3-11H2,1-2H3;1-5H/t12-,13-,14+,15+,18-,19+,20+,21+;/m1./s1. The predicted octanol–water partition coefficient (Wildman–Crippen LogP) is 3.69. The lowest BCUT2D eigenvalue weighted by Crippen LogP contribution is -2.62. The molecular weight excluding hydrogens is 423 g/mol. The molecule has 0 saturated heterocycles. The molecule has 4 saturated carbocycles. The van der Waals surface area contributed by atoms with Gasteiger partial charge in [0.1, 0.15) is 23.8 Å². The van der Waals surface area contributed by atoms with Crippen LogP contribution in [0.1, 0.15) is 65.2 Å². The Balaban J connectivity index is 0.000000318. The summed E-state index contributed by atoms with van der Waals surface area (Å²) in [5.41, 5.74) is -2.40. The fourth-order valence-corrected chi connectivity index (χ4v) is 8.06. The number of aliphatic hydroxyl groups excluding tert-OH is 2. The molecule has 5 rings (SSSR count). The highest BCUT2D eigenvalue weighted by Gasteiger charge is 2.68. The van der Waals surface area contributed by atoms with Crippen LogP contribution in [0.4, 0.5) is 4.39 Å². The smallest absolute Gasteiger partial charge is 0.190 e. The lowest BCUT2D eigenvalue weighted by molar-refractivity contribution is -0.180. The van der Waals surface area contributed by atoms with Crippen molar-refractivity contribution < 1.29 is 29.3 Å². The Hall–Kier alpha value is -1.63. The van der Waals surface area contributed by atoms with Crippen LogP contribution in [0.5, 0.6) is 0 Å². The Labute approximate surface area is 195 Å². The summed E-state index contributed by atoms with van der Waals surface area (Å²) >= 11 is 0. The van der Waals surface area contributed by atoms with Crippen LogP contribution in [0.2, 0.25) is 0 Å². The molecule has 1 aromatic carbocycles. The van der Waals surface area contributed by atoms with E-state index in [2.05, 4.69) is 6.92 Å². The minimum absolute atomic E-state index is 0.0154. The van der Waals surface area contributed by atoms with Gasteiger partial charge >= 0.3 is 0 Å². The summed E-state index contributed by atoms with van der Waals surface area (Å²) in [7, 11) is 0. The highest BCUT2D eigenvalue weighted by molar-refractivity contribution is 5.92. The second kappa shape index (κ2) is 8.86. The third kappa shape index (κ3) is 3.88. The number of ketones is 2. The number of Topliss-reactive ketones (excluding diaryl/α,β-unsaturated/α-hetero) is 2. The summed E-state index contributed by atoms with van der Waals surface area (Å²) in [6, 6.07) is 7.94. The third-order valence-corrected chi connectivity index (χ3v) is 9.82. The van der Waals surface area contributed by atoms with E-state index in [0.717, 1.165) is 38.5 Å². The Morgan fingerprint density at radius 3 is 2.39 bits per heavy atom. The van der Waals surface area contributed by atoms with Crippen LogP contribution in [0.3, 0.4) is 0 Å². The van der Waals surface area contributed by atoms with Crippen LogP contribution in [0, 0.1) is 40.3 Å². The van der Waals surface area contributed by atoms with E-state index < -0.39 is 23.4 Å². The fourth-order valence-electron chi connectivity index (χ4n) is 8.06. The molecule has 33 heavy (non-hydrogen) atoms. The molecular formula is C27H37FO5. The molecule has 6 heteroatoms. The van der Waals surface area contributed by atoms with Gasteiger partial charge in [-0.2, -0.15) is 0 Å². The van der Waals surface area contributed by atoms with E-state index >= 15 is 0 Å². The zero-order valence-corrected chi connectivity index (χ0v) is 19.7. The number of aliphatic hydroxyl groups is 3. The molecule has 1 aromatic rings. The number of hydrogen-bond acceptors (Lipinski definition) is 5. The number of carbonyl (C=O) groups is 2. The number of carbonyl (C=O) groups excluding carboxylic acids is 2. The molecule has 0 spiro atoms. The van der Waals surface area contributed by atoms with E-state index in [0.29, 0.717) is 12.3 Å². The van der Waals surface area contributed by atoms with Gasteiger partial charge in [-0.15, -0.1) is 0 Å². The normalized spacial score (nSPS) is 44.1.